The largest absolute Gasteiger partial charge is 0.467 e. The predicted molar refractivity (Wildman–Crippen MR) is 49.3 cm³/mol. The molecule has 0 aliphatic heterocycles. The molecule has 0 saturated carbocycles. The Morgan fingerprint density at radius 1 is 1.69 bits per heavy atom. The molecule has 0 spiro atoms. The molecule has 0 saturated heterocycles. The van der Waals surface area contributed by atoms with E-state index in [1.165, 1.54) is 7.11 Å². The van der Waals surface area contributed by atoms with Crippen LogP contribution >= 0.6 is 0 Å². The fourth-order valence-corrected chi connectivity index (χ4v) is 0.934. The third-order valence-electron chi connectivity index (χ3n) is 1.60. The highest BCUT2D eigenvalue weighted by Crippen LogP contribution is 2.05. The number of anilines is 1. The van der Waals surface area contributed by atoms with Crippen LogP contribution in [-0.4, -0.2) is 24.1 Å². The van der Waals surface area contributed by atoms with E-state index in [0.717, 1.165) is 5.69 Å². The van der Waals surface area contributed by atoms with Crippen molar-refractivity contribution in [1.29, 1.82) is 0 Å². The van der Waals surface area contributed by atoms with Gasteiger partial charge in [0.2, 0.25) is 0 Å². The lowest BCUT2D eigenvalue weighted by Crippen LogP contribution is -2.27. The van der Waals surface area contributed by atoms with Crippen molar-refractivity contribution in [1.82, 2.24) is 4.98 Å². The number of esters is 1. The van der Waals surface area contributed by atoms with E-state index >= 15 is 0 Å². The minimum absolute atomic E-state index is 0.288. The van der Waals surface area contributed by atoms with Gasteiger partial charge in [-0.25, -0.2) is 4.79 Å². The van der Waals surface area contributed by atoms with Gasteiger partial charge in [0, 0.05) is 12.4 Å². The van der Waals surface area contributed by atoms with E-state index in [0.29, 0.717) is 0 Å². The highest BCUT2D eigenvalue weighted by molar-refractivity contribution is 5.78. The molecule has 0 aromatic carbocycles. The van der Waals surface area contributed by atoms with Crippen LogP contribution < -0.4 is 5.32 Å². The van der Waals surface area contributed by atoms with Crippen LogP contribution in [0.5, 0.6) is 0 Å². The average molecular weight is 180 g/mol. The predicted octanol–water partition coefficient (Wildman–Crippen LogP) is 1.05. The molecule has 1 aromatic rings. The summed E-state index contributed by atoms with van der Waals surface area (Å²) < 4.78 is 4.56. The molecule has 0 fully saturated rings. The average Bonchev–Trinajstić information content (AvgIpc) is 2.18. The van der Waals surface area contributed by atoms with Gasteiger partial charge in [-0.05, 0) is 19.1 Å². The van der Waals surface area contributed by atoms with Crippen LogP contribution in [-0.2, 0) is 9.53 Å². The van der Waals surface area contributed by atoms with Crippen LogP contribution in [0.4, 0.5) is 5.69 Å². The van der Waals surface area contributed by atoms with Crippen molar-refractivity contribution < 1.29 is 9.53 Å². The monoisotopic (exact) mass is 180 g/mol. The molecule has 1 heterocycles. The minimum atomic E-state index is -0.353. The van der Waals surface area contributed by atoms with Crippen molar-refractivity contribution in [2.75, 3.05) is 12.4 Å². The van der Waals surface area contributed by atoms with Crippen LogP contribution in [0, 0.1) is 0 Å². The molecule has 0 aliphatic carbocycles. The SMILES string of the molecule is COC(=O)C(C)Nc1cccnc1. The van der Waals surface area contributed by atoms with Crippen molar-refractivity contribution in [2.45, 2.75) is 13.0 Å². The van der Waals surface area contributed by atoms with Gasteiger partial charge in [-0.1, -0.05) is 0 Å². The molecule has 13 heavy (non-hydrogen) atoms. The molecule has 1 N–H and O–H groups in total. The van der Waals surface area contributed by atoms with Crippen LogP contribution in [0.1, 0.15) is 6.92 Å². The van der Waals surface area contributed by atoms with Crippen LogP contribution in [0.3, 0.4) is 0 Å². The van der Waals surface area contributed by atoms with E-state index in [1.54, 1.807) is 25.4 Å². The molecular weight excluding hydrogens is 168 g/mol. The first kappa shape index (κ1) is 9.51. The first-order valence-corrected chi connectivity index (χ1v) is 3.98. The maximum Gasteiger partial charge on any atom is 0.327 e. The fraction of sp³-hybridized carbons (Fsp3) is 0.333. The zero-order valence-electron chi connectivity index (χ0n) is 7.65. The van der Waals surface area contributed by atoms with Gasteiger partial charge in [0.05, 0.1) is 12.8 Å². The number of nitrogens with one attached hydrogen (secondary N) is 1. The van der Waals surface area contributed by atoms with E-state index in [9.17, 15) is 4.79 Å². The van der Waals surface area contributed by atoms with Gasteiger partial charge >= 0.3 is 5.97 Å². The molecule has 1 atom stereocenters. The Kier molecular flexibility index (Phi) is 3.25. The minimum Gasteiger partial charge on any atom is -0.467 e. The lowest BCUT2D eigenvalue weighted by molar-refractivity contribution is -0.141. The topological polar surface area (TPSA) is 51.2 Å². The van der Waals surface area contributed by atoms with E-state index in [1.807, 2.05) is 6.07 Å². The van der Waals surface area contributed by atoms with Crippen molar-refractivity contribution in [3.8, 4) is 0 Å². The van der Waals surface area contributed by atoms with Crippen LogP contribution in [0.2, 0.25) is 0 Å². The molecule has 0 radical (unpaired) electrons. The Labute approximate surface area is 76.9 Å². The third-order valence-corrected chi connectivity index (χ3v) is 1.60. The highest BCUT2D eigenvalue weighted by Gasteiger charge is 2.11. The lowest BCUT2D eigenvalue weighted by atomic mass is 10.3. The Balaban J connectivity index is 2.55. The maximum atomic E-state index is 11.0. The van der Waals surface area contributed by atoms with Gasteiger partial charge in [-0.15, -0.1) is 0 Å². The Morgan fingerprint density at radius 2 is 2.46 bits per heavy atom. The molecule has 0 amide bonds. The van der Waals surface area contributed by atoms with Gasteiger partial charge in [0.1, 0.15) is 6.04 Å². The summed E-state index contributed by atoms with van der Waals surface area (Å²) in [6.45, 7) is 1.73. The summed E-state index contributed by atoms with van der Waals surface area (Å²) in [6.07, 6.45) is 3.33. The van der Waals surface area contributed by atoms with E-state index in [4.69, 9.17) is 0 Å². The van der Waals surface area contributed by atoms with Gasteiger partial charge in [-0.2, -0.15) is 0 Å². The summed E-state index contributed by atoms with van der Waals surface area (Å²) in [5.41, 5.74) is 0.806. The number of carbonyl (C=O) groups is 1. The smallest absolute Gasteiger partial charge is 0.327 e. The number of nitrogens with zero attached hydrogens (tertiary/aromatic N) is 1. The second-order valence-electron chi connectivity index (χ2n) is 2.63. The molecular formula is C9H12N2O2. The fourth-order valence-electron chi connectivity index (χ4n) is 0.934. The van der Waals surface area contributed by atoms with Crippen molar-refractivity contribution in [3.63, 3.8) is 0 Å². The zero-order valence-corrected chi connectivity index (χ0v) is 7.65. The Hall–Kier alpha value is -1.58. The van der Waals surface area contributed by atoms with Gasteiger partial charge < -0.3 is 10.1 Å². The lowest BCUT2D eigenvalue weighted by Gasteiger charge is -2.11. The standard InChI is InChI=1S/C9H12N2O2/c1-7(9(12)13-2)11-8-4-3-5-10-6-8/h3-7,11H,1-2H3. The van der Waals surface area contributed by atoms with Crippen molar-refractivity contribution in [3.05, 3.63) is 24.5 Å². The van der Waals surface area contributed by atoms with Gasteiger partial charge in [0.25, 0.3) is 0 Å². The molecule has 4 heteroatoms. The van der Waals surface area contributed by atoms with Crippen LogP contribution in [0.25, 0.3) is 0 Å². The Morgan fingerprint density at radius 3 is 3.00 bits per heavy atom. The zero-order chi connectivity index (χ0) is 9.68. The molecule has 4 nitrogen and oxygen atoms in total. The first-order valence-electron chi connectivity index (χ1n) is 3.98. The van der Waals surface area contributed by atoms with Gasteiger partial charge in [0.15, 0.2) is 0 Å². The molecule has 1 unspecified atom stereocenters. The number of hydrogen-bond donors (Lipinski definition) is 1. The number of methoxy groups -OCH3 is 1. The van der Waals surface area contributed by atoms with E-state index < -0.39 is 0 Å². The summed E-state index contributed by atoms with van der Waals surface area (Å²) in [4.78, 5) is 14.9. The van der Waals surface area contributed by atoms with Gasteiger partial charge in [-0.3, -0.25) is 4.98 Å². The number of carbonyl (C=O) groups excluding carboxylic acids is 1. The summed E-state index contributed by atoms with van der Waals surface area (Å²) in [7, 11) is 1.36. The number of aromatic nitrogens is 1. The summed E-state index contributed by atoms with van der Waals surface area (Å²) in [5.74, 6) is -0.288. The quantitative estimate of drug-likeness (QED) is 0.706. The maximum absolute atomic E-state index is 11.0. The third kappa shape index (κ3) is 2.74. The molecule has 0 bridgehead atoms. The summed E-state index contributed by atoms with van der Waals surface area (Å²) >= 11 is 0. The number of pyridine rings is 1. The van der Waals surface area contributed by atoms with Crippen LogP contribution in [0.15, 0.2) is 24.5 Å². The highest BCUT2D eigenvalue weighted by atomic mass is 16.5. The number of ether oxygens (including phenoxy) is 1. The summed E-state index contributed by atoms with van der Waals surface area (Å²) in [6, 6.07) is 3.29. The van der Waals surface area contributed by atoms with E-state index in [2.05, 4.69) is 15.0 Å². The second-order valence-corrected chi connectivity index (χ2v) is 2.63. The molecule has 1 rings (SSSR count). The Bertz CT molecular complexity index is 274. The molecule has 70 valence electrons. The first-order chi connectivity index (χ1) is 6.24. The normalized spacial score (nSPS) is 11.8. The second kappa shape index (κ2) is 4.45. The van der Waals surface area contributed by atoms with Crippen molar-refractivity contribution in [2.24, 2.45) is 0 Å². The number of hydrogen-bond acceptors (Lipinski definition) is 4. The molecule has 0 aliphatic rings. The number of rotatable bonds is 3. The van der Waals surface area contributed by atoms with E-state index in [-0.39, 0.29) is 12.0 Å². The summed E-state index contributed by atoms with van der Waals surface area (Å²) in [5, 5.41) is 2.96. The van der Waals surface area contributed by atoms with Crippen molar-refractivity contribution >= 4 is 11.7 Å². The molecule has 1 aromatic heterocycles.